The van der Waals surface area contributed by atoms with Crippen molar-refractivity contribution in [2.24, 2.45) is 4.99 Å². The fourth-order valence-electron chi connectivity index (χ4n) is 2.83. The molecular formula is C23H33N5O. The number of carbonyl (C=O) groups excluding carboxylic acids is 1. The number of nitrogens with one attached hydrogen (secondary N) is 2. The largest absolute Gasteiger partial charge is 0.372 e. The predicted molar refractivity (Wildman–Crippen MR) is 121 cm³/mol. The molecule has 0 spiro atoms. The van der Waals surface area contributed by atoms with E-state index in [1.165, 1.54) is 5.69 Å². The number of aliphatic imine (C=N–C) groups is 1. The van der Waals surface area contributed by atoms with Gasteiger partial charge in [0.05, 0.1) is 13.1 Å². The molecule has 2 aromatic rings. The van der Waals surface area contributed by atoms with Crippen molar-refractivity contribution in [3.05, 3.63) is 66.2 Å². The molecule has 0 aliphatic carbocycles. The zero-order valence-electron chi connectivity index (χ0n) is 17.8. The molecule has 0 radical (unpaired) electrons. The Morgan fingerprint density at radius 3 is 2.24 bits per heavy atom. The van der Waals surface area contributed by atoms with E-state index in [0.29, 0.717) is 12.5 Å². The van der Waals surface area contributed by atoms with E-state index in [9.17, 15) is 4.79 Å². The van der Waals surface area contributed by atoms with Crippen LogP contribution in [0.2, 0.25) is 0 Å². The number of hydrogen-bond acceptors (Lipinski definition) is 3. The van der Waals surface area contributed by atoms with Gasteiger partial charge in [0.1, 0.15) is 0 Å². The van der Waals surface area contributed by atoms with Crippen molar-refractivity contribution in [2.75, 3.05) is 45.2 Å². The van der Waals surface area contributed by atoms with E-state index in [1.54, 1.807) is 19.0 Å². The van der Waals surface area contributed by atoms with Gasteiger partial charge in [0.25, 0.3) is 0 Å². The van der Waals surface area contributed by atoms with Crippen LogP contribution in [0.3, 0.4) is 0 Å². The number of rotatable bonds is 10. The first kappa shape index (κ1) is 22.3. The number of amides is 1. The van der Waals surface area contributed by atoms with Crippen LogP contribution >= 0.6 is 0 Å². The number of carbonyl (C=O) groups is 1. The van der Waals surface area contributed by atoms with Crippen molar-refractivity contribution in [2.45, 2.75) is 19.9 Å². The van der Waals surface area contributed by atoms with Crippen LogP contribution in [-0.2, 0) is 11.3 Å². The molecule has 0 heterocycles. The molecule has 0 aliphatic rings. The third-order valence-corrected chi connectivity index (χ3v) is 4.57. The van der Waals surface area contributed by atoms with Gasteiger partial charge in [0, 0.05) is 39.4 Å². The Balaban J connectivity index is 1.87. The first-order chi connectivity index (χ1) is 14.1. The van der Waals surface area contributed by atoms with Crippen molar-refractivity contribution in [3.8, 4) is 0 Å². The molecular weight excluding hydrogens is 362 g/mol. The molecule has 0 unspecified atom stereocenters. The summed E-state index contributed by atoms with van der Waals surface area (Å²) in [5.74, 6) is 0.673. The van der Waals surface area contributed by atoms with Gasteiger partial charge in [-0.3, -0.25) is 4.79 Å². The molecule has 1 amide bonds. The molecule has 0 atom stereocenters. The molecule has 2 aromatic carbocycles. The normalized spacial score (nSPS) is 11.1. The average Bonchev–Trinajstić information content (AvgIpc) is 2.76. The highest BCUT2D eigenvalue weighted by atomic mass is 16.2. The molecule has 6 nitrogen and oxygen atoms in total. The third-order valence-electron chi connectivity index (χ3n) is 4.57. The quantitative estimate of drug-likeness (QED) is 0.369. The summed E-state index contributed by atoms with van der Waals surface area (Å²) < 4.78 is 0. The van der Waals surface area contributed by atoms with Crippen LogP contribution in [0.25, 0.3) is 0 Å². The molecule has 0 aliphatic heterocycles. The molecule has 2 N–H and O–H groups in total. The van der Waals surface area contributed by atoms with E-state index in [0.717, 1.165) is 31.6 Å². The van der Waals surface area contributed by atoms with E-state index >= 15 is 0 Å². The van der Waals surface area contributed by atoms with E-state index in [-0.39, 0.29) is 12.5 Å². The lowest BCUT2D eigenvalue weighted by Crippen LogP contribution is -2.43. The Bertz CT molecular complexity index is 746. The van der Waals surface area contributed by atoms with Crippen LogP contribution in [0.4, 0.5) is 5.69 Å². The number of benzene rings is 2. The zero-order valence-corrected chi connectivity index (χ0v) is 17.8. The van der Waals surface area contributed by atoms with E-state index in [2.05, 4.69) is 51.7 Å². The van der Waals surface area contributed by atoms with Crippen molar-refractivity contribution in [1.29, 1.82) is 0 Å². The molecule has 156 valence electrons. The number of hydrogen-bond donors (Lipinski definition) is 2. The Morgan fingerprint density at radius 1 is 0.966 bits per heavy atom. The molecule has 0 fully saturated rings. The second-order valence-electron chi connectivity index (χ2n) is 6.99. The molecule has 0 saturated heterocycles. The Morgan fingerprint density at radius 2 is 1.62 bits per heavy atom. The molecule has 29 heavy (non-hydrogen) atoms. The maximum absolute atomic E-state index is 11.9. The van der Waals surface area contributed by atoms with Crippen LogP contribution in [-0.4, -0.2) is 57.0 Å². The lowest BCUT2D eigenvalue weighted by molar-refractivity contribution is -0.127. The van der Waals surface area contributed by atoms with E-state index in [1.807, 2.05) is 36.4 Å². The topological polar surface area (TPSA) is 60.0 Å². The van der Waals surface area contributed by atoms with Crippen molar-refractivity contribution in [1.82, 2.24) is 15.5 Å². The van der Waals surface area contributed by atoms with Crippen molar-refractivity contribution >= 4 is 17.6 Å². The number of para-hydroxylation sites is 1. The van der Waals surface area contributed by atoms with Gasteiger partial charge in [-0.05, 0) is 31.0 Å². The van der Waals surface area contributed by atoms with Gasteiger partial charge in [-0.25, -0.2) is 4.99 Å². The highest BCUT2D eigenvalue weighted by molar-refractivity contribution is 5.86. The minimum atomic E-state index is 0.0143. The summed E-state index contributed by atoms with van der Waals surface area (Å²) in [6, 6.07) is 20.5. The standard InChI is InChI=1S/C23H33N5O/c1-4-28(21-14-9-6-10-15-21)17-11-16-24-23(26-19-22(29)27(2)3)25-18-20-12-7-5-8-13-20/h5-10,12-15H,4,11,16-19H2,1-3H3,(H2,24,25,26). The summed E-state index contributed by atoms with van der Waals surface area (Å²) in [7, 11) is 3.50. The lowest BCUT2D eigenvalue weighted by atomic mass is 10.2. The van der Waals surface area contributed by atoms with Crippen LogP contribution < -0.4 is 15.5 Å². The van der Waals surface area contributed by atoms with Gasteiger partial charge in [-0.2, -0.15) is 0 Å². The predicted octanol–water partition coefficient (Wildman–Crippen LogP) is 2.73. The smallest absolute Gasteiger partial charge is 0.241 e. The van der Waals surface area contributed by atoms with Crippen LogP contribution in [0.5, 0.6) is 0 Å². The first-order valence-electron chi connectivity index (χ1n) is 10.2. The Labute approximate surface area is 174 Å². The molecule has 0 bridgehead atoms. The maximum atomic E-state index is 11.9. The van der Waals surface area contributed by atoms with E-state index in [4.69, 9.17) is 0 Å². The average molecular weight is 396 g/mol. The van der Waals surface area contributed by atoms with Crippen molar-refractivity contribution < 1.29 is 4.79 Å². The van der Waals surface area contributed by atoms with Crippen LogP contribution in [0, 0.1) is 0 Å². The molecule has 6 heteroatoms. The van der Waals surface area contributed by atoms with Gasteiger partial charge in [0.2, 0.25) is 5.91 Å². The number of guanidine groups is 1. The van der Waals surface area contributed by atoms with Crippen LogP contribution in [0.15, 0.2) is 65.7 Å². The second-order valence-corrected chi connectivity index (χ2v) is 6.99. The number of likely N-dealkylation sites (N-methyl/N-ethyl adjacent to an activating group) is 1. The van der Waals surface area contributed by atoms with Crippen molar-refractivity contribution in [3.63, 3.8) is 0 Å². The summed E-state index contributed by atoms with van der Waals surface area (Å²) >= 11 is 0. The molecule has 2 rings (SSSR count). The summed E-state index contributed by atoms with van der Waals surface area (Å²) in [5.41, 5.74) is 2.37. The monoisotopic (exact) mass is 395 g/mol. The highest BCUT2D eigenvalue weighted by Crippen LogP contribution is 2.12. The maximum Gasteiger partial charge on any atom is 0.241 e. The molecule has 0 saturated carbocycles. The van der Waals surface area contributed by atoms with Gasteiger partial charge in [-0.1, -0.05) is 48.5 Å². The third kappa shape index (κ3) is 8.25. The van der Waals surface area contributed by atoms with Gasteiger partial charge in [-0.15, -0.1) is 0 Å². The second kappa shape index (κ2) is 12.4. The van der Waals surface area contributed by atoms with Gasteiger partial charge in [0.15, 0.2) is 5.96 Å². The highest BCUT2D eigenvalue weighted by Gasteiger charge is 2.07. The first-order valence-corrected chi connectivity index (χ1v) is 10.2. The minimum absolute atomic E-state index is 0.0143. The van der Waals surface area contributed by atoms with Gasteiger partial charge >= 0.3 is 0 Å². The summed E-state index contributed by atoms with van der Waals surface area (Å²) in [5, 5.41) is 6.50. The van der Waals surface area contributed by atoms with E-state index < -0.39 is 0 Å². The number of anilines is 1. The summed E-state index contributed by atoms with van der Waals surface area (Å²) in [6.07, 6.45) is 0.969. The zero-order chi connectivity index (χ0) is 20.9. The fraction of sp³-hybridized carbons (Fsp3) is 0.391. The van der Waals surface area contributed by atoms with Crippen LogP contribution in [0.1, 0.15) is 18.9 Å². The number of nitrogens with zero attached hydrogens (tertiary/aromatic N) is 3. The Hall–Kier alpha value is -3.02. The Kier molecular flexibility index (Phi) is 9.55. The SMILES string of the molecule is CCN(CCCNC(=NCc1ccccc1)NCC(=O)N(C)C)c1ccccc1. The summed E-state index contributed by atoms with van der Waals surface area (Å²) in [4.78, 5) is 20.5. The molecule has 0 aromatic heterocycles. The lowest BCUT2D eigenvalue weighted by Gasteiger charge is -2.23. The fourth-order valence-corrected chi connectivity index (χ4v) is 2.83. The minimum Gasteiger partial charge on any atom is -0.372 e. The summed E-state index contributed by atoms with van der Waals surface area (Å²) in [6.45, 7) is 5.66. The van der Waals surface area contributed by atoms with Gasteiger partial charge < -0.3 is 20.4 Å².